The number of aliphatic hydroxyl groups is 1. The first-order valence-electron chi connectivity index (χ1n) is 9.94. The van der Waals surface area contributed by atoms with E-state index in [-0.39, 0.29) is 18.6 Å². The first-order valence-corrected chi connectivity index (χ1v) is 13.0. The second-order valence-electron chi connectivity index (χ2n) is 6.99. The van der Waals surface area contributed by atoms with Crippen molar-refractivity contribution in [2.75, 3.05) is 20.0 Å². The van der Waals surface area contributed by atoms with E-state index in [4.69, 9.17) is 0 Å². The van der Waals surface area contributed by atoms with Gasteiger partial charge in [0.15, 0.2) is 0 Å². The highest BCUT2D eigenvalue weighted by atomic mass is 32.2. The van der Waals surface area contributed by atoms with E-state index in [1.165, 1.54) is 32.1 Å². The van der Waals surface area contributed by atoms with Crippen LogP contribution in [0.15, 0.2) is 0 Å². The predicted molar refractivity (Wildman–Crippen MR) is 108 cm³/mol. The minimum absolute atomic E-state index is 0.0831. The molecule has 0 aliphatic carbocycles. The van der Waals surface area contributed by atoms with Crippen molar-refractivity contribution in [2.45, 2.75) is 95.3 Å². The van der Waals surface area contributed by atoms with Crippen molar-refractivity contribution in [1.29, 1.82) is 0 Å². The molecule has 0 heterocycles. The van der Waals surface area contributed by atoms with Gasteiger partial charge in [0.1, 0.15) is 0 Å². The van der Waals surface area contributed by atoms with Crippen LogP contribution in [0.25, 0.3) is 0 Å². The van der Waals surface area contributed by atoms with Crippen molar-refractivity contribution in [3.8, 4) is 0 Å². The highest BCUT2D eigenvalue weighted by Crippen LogP contribution is 2.19. The Morgan fingerprint density at radius 2 is 1.30 bits per heavy atom. The van der Waals surface area contributed by atoms with Gasteiger partial charge in [0.2, 0.25) is 0 Å². The molecule has 0 aromatic rings. The van der Waals surface area contributed by atoms with Crippen LogP contribution >= 0.6 is 0 Å². The zero-order valence-corrected chi connectivity index (χ0v) is 18.7. The van der Waals surface area contributed by atoms with Crippen LogP contribution in [0.4, 0.5) is 0 Å². The van der Waals surface area contributed by atoms with Gasteiger partial charge in [-0.1, -0.05) is 51.9 Å². The van der Waals surface area contributed by atoms with E-state index < -0.39 is 31.6 Å². The molecule has 0 radical (unpaired) electrons. The summed E-state index contributed by atoms with van der Waals surface area (Å²) in [6.45, 7) is 2.19. The zero-order chi connectivity index (χ0) is 20.8. The van der Waals surface area contributed by atoms with Crippen LogP contribution in [-0.4, -0.2) is 53.3 Å². The molecule has 1 N–H and O–H groups in total. The summed E-state index contributed by atoms with van der Waals surface area (Å²) >= 11 is 0. The van der Waals surface area contributed by atoms with E-state index >= 15 is 0 Å². The molecule has 2 atom stereocenters. The third kappa shape index (κ3) is 13.6. The molecule has 2 unspecified atom stereocenters. The summed E-state index contributed by atoms with van der Waals surface area (Å²) in [6.07, 6.45) is 9.73. The molecular weight excluding hydrogens is 392 g/mol. The van der Waals surface area contributed by atoms with Crippen LogP contribution in [0, 0.1) is 0 Å². The van der Waals surface area contributed by atoms with Gasteiger partial charge < -0.3 is 5.11 Å². The molecule has 0 aliphatic heterocycles. The van der Waals surface area contributed by atoms with Gasteiger partial charge in [0.25, 0.3) is 20.2 Å². The van der Waals surface area contributed by atoms with Gasteiger partial charge in [-0.05, 0) is 32.1 Å². The Hall–Kier alpha value is -0.220. The van der Waals surface area contributed by atoms with Crippen LogP contribution in [0.1, 0.15) is 84.0 Å². The topological polar surface area (TPSA) is 107 Å². The predicted octanol–water partition coefficient (Wildman–Crippen LogP) is 3.37. The number of aliphatic hydroxyl groups excluding tert-OH is 1. The molecular formula is C18H38O7S2. The molecule has 27 heavy (non-hydrogen) atoms. The number of hydrogen-bond acceptors (Lipinski definition) is 7. The Labute approximate surface area is 166 Å². The first-order chi connectivity index (χ1) is 12.7. The highest BCUT2D eigenvalue weighted by molar-refractivity contribution is 7.88. The van der Waals surface area contributed by atoms with Crippen molar-refractivity contribution in [2.24, 2.45) is 0 Å². The molecule has 0 aliphatic rings. The van der Waals surface area contributed by atoms with Gasteiger partial charge in [0.05, 0.1) is 31.3 Å². The second-order valence-corrected chi connectivity index (χ2v) is 10.8. The molecule has 0 saturated heterocycles. The molecule has 0 bridgehead atoms. The molecule has 7 nitrogen and oxygen atoms in total. The minimum atomic E-state index is -3.82. The summed E-state index contributed by atoms with van der Waals surface area (Å²) in [5, 5.41) is 9.15. The third-order valence-corrected chi connectivity index (χ3v) is 7.78. The monoisotopic (exact) mass is 430 g/mol. The fourth-order valence-corrected chi connectivity index (χ4v) is 5.01. The van der Waals surface area contributed by atoms with Crippen LogP contribution in [-0.2, 0) is 28.6 Å². The Bertz CT molecular complexity index is 558. The Morgan fingerprint density at radius 3 is 1.85 bits per heavy atom. The van der Waals surface area contributed by atoms with E-state index in [9.17, 15) is 21.9 Å². The SMILES string of the molecule is CCCCCCCCCC(O)CCCC(CCS(=O)(=O)OC)S(=O)(=O)OC. The lowest BCUT2D eigenvalue weighted by molar-refractivity contribution is 0.147. The summed E-state index contributed by atoms with van der Waals surface area (Å²) in [4.78, 5) is 0. The Balaban J connectivity index is 4.17. The normalized spacial score (nSPS) is 15.0. The van der Waals surface area contributed by atoms with Gasteiger partial charge in [-0.15, -0.1) is 0 Å². The summed E-state index contributed by atoms with van der Waals surface area (Å²) in [5.41, 5.74) is 0. The van der Waals surface area contributed by atoms with Crippen molar-refractivity contribution < 1.29 is 30.3 Å². The molecule has 0 rings (SSSR count). The number of rotatable bonds is 18. The van der Waals surface area contributed by atoms with Gasteiger partial charge >= 0.3 is 0 Å². The molecule has 0 saturated carbocycles. The minimum Gasteiger partial charge on any atom is -0.393 e. The van der Waals surface area contributed by atoms with E-state index in [0.717, 1.165) is 27.1 Å². The lowest BCUT2D eigenvalue weighted by Gasteiger charge is -2.17. The van der Waals surface area contributed by atoms with E-state index in [0.29, 0.717) is 19.3 Å². The lowest BCUT2D eigenvalue weighted by Crippen LogP contribution is -2.26. The van der Waals surface area contributed by atoms with Crippen LogP contribution in [0.3, 0.4) is 0 Å². The summed E-state index contributed by atoms with van der Waals surface area (Å²) in [7, 11) is -5.42. The summed E-state index contributed by atoms with van der Waals surface area (Å²) in [5.74, 6) is -0.378. The highest BCUT2D eigenvalue weighted by Gasteiger charge is 2.27. The van der Waals surface area contributed by atoms with Crippen LogP contribution < -0.4 is 0 Å². The average Bonchev–Trinajstić information content (AvgIpc) is 2.63. The number of unbranched alkanes of at least 4 members (excludes halogenated alkanes) is 6. The van der Waals surface area contributed by atoms with Crippen molar-refractivity contribution in [3.63, 3.8) is 0 Å². The first kappa shape index (κ1) is 26.8. The maximum Gasteiger partial charge on any atom is 0.269 e. The summed E-state index contributed by atoms with van der Waals surface area (Å²) < 4.78 is 55.7. The quantitative estimate of drug-likeness (QED) is 0.262. The third-order valence-electron chi connectivity index (χ3n) is 4.79. The molecule has 0 aromatic carbocycles. The van der Waals surface area contributed by atoms with Crippen molar-refractivity contribution in [3.05, 3.63) is 0 Å². The van der Waals surface area contributed by atoms with Gasteiger partial charge in [-0.3, -0.25) is 8.37 Å². The largest absolute Gasteiger partial charge is 0.393 e. The van der Waals surface area contributed by atoms with E-state index in [1.54, 1.807) is 0 Å². The molecule has 0 aromatic heterocycles. The van der Waals surface area contributed by atoms with Gasteiger partial charge in [-0.2, -0.15) is 16.8 Å². The van der Waals surface area contributed by atoms with Crippen LogP contribution in [0.5, 0.6) is 0 Å². The molecule has 164 valence electrons. The number of hydrogen-bond donors (Lipinski definition) is 1. The fourth-order valence-electron chi connectivity index (χ4n) is 2.99. The summed E-state index contributed by atoms with van der Waals surface area (Å²) in [6, 6.07) is 0. The Kier molecular flexibility index (Phi) is 14.6. The van der Waals surface area contributed by atoms with E-state index in [1.807, 2.05) is 0 Å². The molecule has 0 fully saturated rings. The second kappa shape index (κ2) is 14.7. The standard InChI is InChI=1S/C18H38O7S2/c1-4-5-6-7-8-9-10-12-17(19)13-11-14-18(27(22,23)25-3)15-16-26(20,21)24-2/h17-19H,4-16H2,1-3H3. The molecule has 0 amide bonds. The smallest absolute Gasteiger partial charge is 0.269 e. The zero-order valence-electron chi connectivity index (χ0n) is 17.1. The maximum absolute atomic E-state index is 12.0. The molecule has 0 spiro atoms. The van der Waals surface area contributed by atoms with Gasteiger partial charge in [0, 0.05) is 0 Å². The van der Waals surface area contributed by atoms with Crippen molar-refractivity contribution in [1.82, 2.24) is 0 Å². The Morgan fingerprint density at radius 1 is 0.741 bits per heavy atom. The molecule has 9 heteroatoms. The fraction of sp³-hybridized carbons (Fsp3) is 1.00. The van der Waals surface area contributed by atoms with Crippen LogP contribution in [0.2, 0.25) is 0 Å². The lowest BCUT2D eigenvalue weighted by atomic mass is 10.0. The maximum atomic E-state index is 12.0. The van der Waals surface area contributed by atoms with Gasteiger partial charge in [-0.25, -0.2) is 0 Å². The van der Waals surface area contributed by atoms with E-state index in [2.05, 4.69) is 15.3 Å². The van der Waals surface area contributed by atoms with Crippen molar-refractivity contribution >= 4 is 20.2 Å². The average molecular weight is 431 g/mol.